The highest BCUT2D eigenvalue weighted by atomic mass is 35.5. The lowest BCUT2D eigenvalue weighted by Gasteiger charge is -2.14. The molecule has 1 aromatic heterocycles. The van der Waals surface area contributed by atoms with Gasteiger partial charge in [0, 0.05) is 13.1 Å². The Kier molecular flexibility index (Phi) is 3.90. The van der Waals surface area contributed by atoms with Crippen molar-refractivity contribution in [1.82, 2.24) is 14.9 Å². The van der Waals surface area contributed by atoms with Crippen LogP contribution in [0.1, 0.15) is 12.8 Å². The molecule has 5 nitrogen and oxygen atoms in total. The number of hydrogen-bond acceptors (Lipinski definition) is 2. The van der Waals surface area contributed by atoms with Gasteiger partial charge >= 0.3 is 0 Å². The fraction of sp³-hybridized carbons (Fsp3) is 0.333. The van der Waals surface area contributed by atoms with Crippen LogP contribution in [-0.2, 0) is 0 Å². The Morgan fingerprint density at radius 2 is 2.11 bits per heavy atom. The van der Waals surface area contributed by atoms with E-state index in [0.29, 0.717) is 22.9 Å². The highest BCUT2D eigenvalue weighted by molar-refractivity contribution is 5.85. The number of nitrogens with zero attached hydrogens (tertiary/aromatic N) is 3. The lowest BCUT2D eigenvalue weighted by atomic mass is 10.3. The van der Waals surface area contributed by atoms with Crippen molar-refractivity contribution >= 4 is 35.3 Å². The SMILES string of the molecule is Cl.N/C(=N/c1nc2ccc(F)cc2[nH]1)N1CCCC1. The molecule has 0 bridgehead atoms. The summed E-state index contributed by atoms with van der Waals surface area (Å²) in [6.07, 6.45) is 2.28. The quantitative estimate of drug-likeness (QED) is 0.622. The summed E-state index contributed by atoms with van der Waals surface area (Å²) in [7, 11) is 0. The van der Waals surface area contributed by atoms with Crippen LogP contribution < -0.4 is 5.73 Å². The van der Waals surface area contributed by atoms with Crippen LogP contribution >= 0.6 is 12.4 Å². The lowest BCUT2D eigenvalue weighted by molar-refractivity contribution is 0.513. The minimum absolute atomic E-state index is 0. The van der Waals surface area contributed by atoms with Crippen LogP contribution in [0.15, 0.2) is 23.2 Å². The number of aliphatic imine (C=N–C) groups is 1. The Balaban J connectivity index is 0.00000133. The monoisotopic (exact) mass is 283 g/mol. The van der Waals surface area contributed by atoms with Crippen molar-refractivity contribution in [3.05, 3.63) is 24.0 Å². The molecule has 0 atom stereocenters. The molecular formula is C12H15ClFN5. The Bertz CT molecular complexity index is 603. The molecule has 1 saturated heterocycles. The van der Waals surface area contributed by atoms with Gasteiger partial charge in [0.2, 0.25) is 5.95 Å². The zero-order valence-electron chi connectivity index (χ0n) is 10.3. The van der Waals surface area contributed by atoms with E-state index in [-0.39, 0.29) is 18.2 Å². The van der Waals surface area contributed by atoms with Gasteiger partial charge in [-0.05, 0) is 31.0 Å². The Hall–Kier alpha value is -1.82. The number of aromatic nitrogens is 2. The van der Waals surface area contributed by atoms with Crippen LogP contribution in [-0.4, -0.2) is 33.9 Å². The minimum Gasteiger partial charge on any atom is -0.369 e. The summed E-state index contributed by atoms with van der Waals surface area (Å²) in [6.45, 7) is 1.87. The third kappa shape index (κ3) is 2.78. The highest BCUT2D eigenvalue weighted by Crippen LogP contribution is 2.17. The summed E-state index contributed by atoms with van der Waals surface area (Å²) in [6, 6.07) is 4.39. The van der Waals surface area contributed by atoms with E-state index in [0.717, 1.165) is 25.9 Å². The number of rotatable bonds is 1. The third-order valence-electron chi connectivity index (χ3n) is 3.08. The summed E-state index contributed by atoms with van der Waals surface area (Å²) < 4.78 is 13.0. The van der Waals surface area contributed by atoms with Gasteiger partial charge in [0.15, 0.2) is 5.96 Å². The summed E-state index contributed by atoms with van der Waals surface area (Å²) in [5.74, 6) is 0.584. The lowest BCUT2D eigenvalue weighted by Crippen LogP contribution is -2.34. The van der Waals surface area contributed by atoms with Gasteiger partial charge < -0.3 is 15.6 Å². The molecule has 102 valence electrons. The van der Waals surface area contributed by atoms with Crippen LogP contribution in [0, 0.1) is 5.82 Å². The van der Waals surface area contributed by atoms with Gasteiger partial charge in [0.1, 0.15) is 5.82 Å². The number of aromatic amines is 1. The first kappa shape index (κ1) is 13.6. The number of guanidine groups is 1. The summed E-state index contributed by atoms with van der Waals surface area (Å²) in [5, 5.41) is 0. The van der Waals surface area contributed by atoms with Crippen LogP contribution in [0.25, 0.3) is 11.0 Å². The number of nitrogens with two attached hydrogens (primary N) is 1. The van der Waals surface area contributed by atoms with Gasteiger partial charge in [-0.2, -0.15) is 4.99 Å². The van der Waals surface area contributed by atoms with E-state index in [1.165, 1.54) is 12.1 Å². The van der Waals surface area contributed by atoms with Gasteiger partial charge in [0.05, 0.1) is 11.0 Å². The maximum Gasteiger partial charge on any atom is 0.231 e. The second kappa shape index (κ2) is 5.44. The molecule has 3 rings (SSSR count). The Morgan fingerprint density at radius 3 is 2.84 bits per heavy atom. The molecule has 0 saturated carbocycles. The summed E-state index contributed by atoms with van der Waals surface area (Å²) >= 11 is 0. The van der Waals surface area contributed by atoms with E-state index in [4.69, 9.17) is 5.73 Å². The van der Waals surface area contributed by atoms with Crippen LogP contribution in [0.3, 0.4) is 0 Å². The van der Waals surface area contributed by atoms with Crippen molar-refractivity contribution in [2.45, 2.75) is 12.8 Å². The van der Waals surface area contributed by atoms with Crippen molar-refractivity contribution in [3.63, 3.8) is 0 Å². The first-order valence-corrected chi connectivity index (χ1v) is 5.97. The molecule has 2 heterocycles. The summed E-state index contributed by atoms with van der Waals surface area (Å²) in [5.41, 5.74) is 7.22. The van der Waals surface area contributed by atoms with Gasteiger partial charge in [-0.1, -0.05) is 0 Å². The van der Waals surface area contributed by atoms with E-state index in [1.807, 2.05) is 4.90 Å². The number of nitrogens with one attached hydrogen (secondary N) is 1. The molecule has 0 aliphatic carbocycles. The number of H-pyrrole nitrogens is 1. The van der Waals surface area contributed by atoms with Gasteiger partial charge in [-0.25, -0.2) is 9.37 Å². The van der Waals surface area contributed by atoms with Crippen molar-refractivity contribution in [2.24, 2.45) is 10.7 Å². The topological polar surface area (TPSA) is 70.3 Å². The molecule has 2 aromatic rings. The molecule has 1 aromatic carbocycles. The molecule has 0 unspecified atom stereocenters. The second-order valence-corrected chi connectivity index (χ2v) is 4.39. The molecule has 0 radical (unpaired) electrons. The van der Waals surface area contributed by atoms with E-state index in [2.05, 4.69) is 15.0 Å². The number of halogens is 2. The first-order chi connectivity index (χ1) is 8.72. The number of hydrogen-bond donors (Lipinski definition) is 2. The smallest absolute Gasteiger partial charge is 0.231 e. The zero-order chi connectivity index (χ0) is 12.5. The normalized spacial score (nSPS) is 15.8. The van der Waals surface area contributed by atoms with Gasteiger partial charge in [0.25, 0.3) is 0 Å². The predicted octanol–water partition coefficient (Wildman–Crippen LogP) is 2.17. The molecular weight excluding hydrogens is 269 g/mol. The van der Waals surface area contributed by atoms with Crippen LogP contribution in [0.5, 0.6) is 0 Å². The van der Waals surface area contributed by atoms with Crippen LogP contribution in [0.4, 0.5) is 10.3 Å². The molecule has 1 aliphatic rings. The maximum absolute atomic E-state index is 13.0. The third-order valence-corrected chi connectivity index (χ3v) is 3.08. The molecule has 3 N–H and O–H groups in total. The largest absolute Gasteiger partial charge is 0.369 e. The number of benzene rings is 1. The average Bonchev–Trinajstić information content (AvgIpc) is 2.95. The summed E-state index contributed by atoms with van der Waals surface area (Å²) in [4.78, 5) is 13.5. The fourth-order valence-corrected chi connectivity index (χ4v) is 2.15. The van der Waals surface area contributed by atoms with Crippen molar-refractivity contribution in [3.8, 4) is 0 Å². The van der Waals surface area contributed by atoms with Crippen molar-refractivity contribution in [1.29, 1.82) is 0 Å². The highest BCUT2D eigenvalue weighted by Gasteiger charge is 2.14. The van der Waals surface area contributed by atoms with Gasteiger partial charge in [-0.3, -0.25) is 0 Å². The second-order valence-electron chi connectivity index (χ2n) is 4.39. The van der Waals surface area contributed by atoms with Crippen molar-refractivity contribution in [2.75, 3.05) is 13.1 Å². The zero-order valence-corrected chi connectivity index (χ0v) is 11.1. The maximum atomic E-state index is 13.0. The van der Waals surface area contributed by atoms with E-state index < -0.39 is 0 Å². The Labute approximate surface area is 116 Å². The number of imidazole rings is 1. The average molecular weight is 284 g/mol. The van der Waals surface area contributed by atoms with Crippen LogP contribution in [0.2, 0.25) is 0 Å². The molecule has 0 spiro atoms. The molecule has 1 aliphatic heterocycles. The number of likely N-dealkylation sites (tertiary alicyclic amines) is 1. The minimum atomic E-state index is -0.297. The molecule has 1 fully saturated rings. The fourth-order valence-electron chi connectivity index (χ4n) is 2.15. The predicted molar refractivity (Wildman–Crippen MR) is 75.4 cm³/mol. The molecule has 0 amide bonds. The van der Waals surface area contributed by atoms with Crippen molar-refractivity contribution < 1.29 is 4.39 Å². The standard InChI is InChI=1S/C12H14FN5.ClH/c13-8-3-4-9-10(7-8)16-12(15-9)17-11(14)18-5-1-2-6-18;/h3-4,7H,1-2,5-6H2,(H3,14,15,16,17);1H. The number of fused-ring (bicyclic) bond motifs is 1. The van der Waals surface area contributed by atoms with Gasteiger partial charge in [-0.15, -0.1) is 12.4 Å². The van der Waals surface area contributed by atoms with E-state index >= 15 is 0 Å². The first-order valence-electron chi connectivity index (χ1n) is 5.97. The molecule has 7 heteroatoms. The molecule has 19 heavy (non-hydrogen) atoms. The Morgan fingerprint density at radius 1 is 1.37 bits per heavy atom. The van der Waals surface area contributed by atoms with E-state index in [9.17, 15) is 4.39 Å². The van der Waals surface area contributed by atoms with E-state index in [1.54, 1.807) is 6.07 Å².